The lowest BCUT2D eigenvalue weighted by molar-refractivity contribution is -0.942. The summed E-state index contributed by atoms with van der Waals surface area (Å²) in [6.07, 6.45) is 2.52. The molecule has 5 nitrogen and oxygen atoms in total. The van der Waals surface area contributed by atoms with E-state index in [2.05, 4.69) is 36.3 Å². The Morgan fingerprint density at radius 1 is 1.21 bits per heavy atom. The Morgan fingerprint density at radius 2 is 1.88 bits per heavy atom. The zero-order valence-electron chi connectivity index (χ0n) is 14.7. The van der Waals surface area contributed by atoms with Gasteiger partial charge in [0.1, 0.15) is 5.82 Å². The molecule has 1 N–H and O–H groups in total. The van der Waals surface area contributed by atoms with Crippen molar-refractivity contribution in [1.82, 2.24) is 20.2 Å². The van der Waals surface area contributed by atoms with Crippen molar-refractivity contribution < 1.29 is 9.29 Å². The number of nitrogens with zero attached hydrogens (tertiary/aromatic N) is 4. The van der Waals surface area contributed by atoms with Crippen LogP contribution in [0.5, 0.6) is 0 Å². The fourth-order valence-corrected chi connectivity index (χ4v) is 3.71. The first kappa shape index (κ1) is 17.0. The number of hydrogen-bond acceptors (Lipinski definition) is 3. The van der Waals surface area contributed by atoms with Crippen molar-refractivity contribution in [3.05, 3.63) is 41.5 Å². The highest BCUT2D eigenvalue weighted by molar-refractivity contribution is 5.16. The number of rotatable bonds is 5. The van der Waals surface area contributed by atoms with Crippen molar-refractivity contribution >= 4 is 0 Å². The summed E-state index contributed by atoms with van der Waals surface area (Å²) < 4.78 is 15.0. The molecule has 24 heavy (non-hydrogen) atoms. The average Bonchev–Trinajstić information content (AvgIpc) is 2.99. The number of benzene rings is 1. The lowest BCUT2D eigenvalue weighted by atomic mass is 9.94. The zero-order chi connectivity index (χ0) is 17.1. The van der Waals surface area contributed by atoms with Gasteiger partial charge >= 0.3 is 0 Å². The van der Waals surface area contributed by atoms with Crippen LogP contribution in [0.1, 0.15) is 51.0 Å². The van der Waals surface area contributed by atoms with Crippen LogP contribution in [-0.4, -0.2) is 33.3 Å². The maximum Gasteiger partial charge on any atom is 0.209 e. The van der Waals surface area contributed by atoms with Gasteiger partial charge in [-0.2, -0.15) is 0 Å². The number of tetrazole rings is 1. The molecule has 1 aromatic heterocycles. The fraction of sp³-hybridized carbons (Fsp3) is 0.611. The second kappa shape index (κ2) is 7.38. The Balaban J connectivity index is 1.81. The predicted molar refractivity (Wildman–Crippen MR) is 90.0 cm³/mol. The normalized spacial score (nSPS) is 22.7. The van der Waals surface area contributed by atoms with Crippen LogP contribution in [0.25, 0.3) is 0 Å². The summed E-state index contributed by atoms with van der Waals surface area (Å²) >= 11 is 0. The standard InChI is InChI=1S/C18H26FN5/c1-13(2)17(23-10-8-14(3)9-11-23)18-20-21-22-24(18)12-15-4-6-16(19)7-5-15/h4-7,13-14,17H,8-12H2,1-3H3/p+1/t17-/m0/s1. The van der Waals surface area contributed by atoms with E-state index in [1.54, 1.807) is 17.0 Å². The molecule has 0 spiro atoms. The predicted octanol–water partition coefficient (Wildman–Crippen LogP) is 1.87. The molecule has 1 aliphatic heterocycles. The molecular formula is C18H27FN5+. The van der Waals surface area contributed by atoms with Gasteiger partial charge in [0.25, 0.3) is 0 Å². The highest BCUT2D eigenvalue weighted by atomic mass is 19.1. The number of piperidine rings is 1. The summed E-state index contributed by atoms with van der Waals surface area (Å²) in [4.78, 5) is 1.58. The second-order valence-corrected chi connectivity index (χ2v) is 7.38. The number of likely N-dealkylation sites (tertiary alicyclic amines) is 1. The van der Waals surface area contributed by atoms with Gasteiger partial charge in [0.15, 0.2) is 6.04 Å². The molecule has 1 saturated heterocycles. The minimum atomic E-state index is -0.220. The molecule has 0 saturated carbocycles. The molecule has 0 amide bonds. The number of nitrogens with one attached hydrogen (secondary N) is 1. The van der Waals surface area contributed by atoms with E-state index in [0.717, 1.165) is 17.3 Å². The maximum atomic E-state index is 13.1. The minimum Gasteiger partial charge on any atom is -0.326 e. The maximum absolute atomic E-state index is 13.1. The van der Waals surface area contributed by atoms with Crippen molar-refractivity contribution in [3.8, 4) is 0 Å². The third-order valence-electron chi connectivity index (χ3n) is 5.11. The third kappa shape index (κ3) is 3.80. The Hall–Kier alpha value is -1.82. The molecule has 0 bridgehead atoms. The molecule has 1 fully saturated rings. The summed E-state index contributed by atoms with van der Waals surface area (Å²) in [5, 5.41) is 12.5. The molecule has 6 heteroatoms. The van der Waals surface area contributed by atoms with Gasteiger partial charge in [0.05, 0.1) is 19.6 Å². The molecule has 2 heterocycles. The quantitative estimate of drug-likeness (QED) is 0.909. The minimum absolute atomic E-state index is 0.220. The first-order valence-corrected chi connectivity index (χ1v) is 8.89. The van der Waals surface area contributed by atoms with E-state index in [-0.39, 0.29) is 5.82 Å². The molecule has 0 aliphatic carbocycles. The topological polar surface area (TPSA) is 48.0 Å². The van der Waals surface area contributed by atoms with Crippen LogP contribution in [0.2, 0.25) is 0 Å². The number of quaternary nitrogens is 1. The second-order valence-electron chi connectivity index (χ2n) is 7.38. The first-order valence-electron chi connectivity index (χ1n) is 8.89. The molecule has 2 aromatic rings. The molecule has 0 unspecified atom stereocenters. The molecule has 0 radical (unpaired) electrons. The number of aromatic nitrogens is 4. The van der Waals surface area contributed by atoms with Crippen LogP contribution >= 0.6 is 0 Å². The van der Waals surface area contributed by atoms with Crippen LogP contribution < -0.4 is 4.90 Å². The highest BCUT2D eigenvalue weighted by Crippen LogP contribution is 2.19. The summed E-state index contributed by atoms with van der Waals surface area (Å²) in [5.41, 5.74) is 1.01. The molecule has 1 atom stereocenters. The molecular weight excluding hydrogens is 305 g/mol. The largest absolute Gasteiger partial charge is 0.326 e. The Bertz CT molecular complexity index is 644. The van der Waals surface area contributed by atoms with Gasteiger partial charge in [-0.15, -0.1) is 5.10 Å². The fourth-order valence-electron chi connectivity index (χ4n) is 3.71. The van der Waals surface area contributed by atoms with Crippen molar-refractivity contribution in [2.45, 2.75) is 46.2 Å². The van der Waals surface area contributed by atoms with Gasteiger partial charge in [-0.3, -0.25) is 0 Å². The van der Waals surface area contributed by atoms with Gasteiger partial charge < -0.3 is 4.90 Å². The molecule has 1 aromatic carbocycles. The summed E-state index contributed by atoms with van der Waals surface area (Å²) in [7, 11) is 0. The van der Waals surface area contributed by atoms with Crippen LogP contribution in [0, 0.1) is 17.7 Å². The number of hydrogen-bond donors (Lipinski definition) is 1. The van der Waals surface area contributed by atoms with Crippen LogP contribution in [0.15, 0.2) is 24.3 Å². The number of halogens is 1. The SMILES string of the molecule is CC1CC[NH+]([C@H](c2nnnn2Cc2ccc(F)cc2)C(C)C)CC1. The third-order valence-corrected chi connectivity index (χ3v) is 5.11. The van der Waals surface area contributed by atoms with Gasteiger partial charge in [-0.25, -0.2) is 9.07 Å². The molecule has 3 rings (SSSR count). The van der Waals surface area contributed by atoms with Crippen LogP contribution in [-0.2, 0) is 6.54 Å². The smallest absolute Gasteiger partial charge is 0.209 e. The summed E-state index contributed by atoms with van der Waals surface area (Å²) in [6.45, 7) is 9.75. The Labute approximate surface area is 142 Å². The molecule has 1 aliphatic rings. The van der Waals surface area contributed by atoms with Crippen molar-refractivity contribution in [2.75, 3.05) is 13.1 Å². The molecule has 130 valence electrons. The van der Waals surface area contributed by atoms with E-state index >= 15 is 0 Å². The van der Waals surface area contributed by atoms with Crippen molar-refractivity contribution in [3.63, 3.8) is 0 Å². The van der Waals surface area contributed by atoms with Crippen molar-refractivity contribution in [1.29, 1.82) is 0 Å². The average molecular weight is 332 g/mol. The lowest BCUT2D eigenvalue weighted by Gasteiger charge is -2.34. The Kier molecular flexibility index (Phi) is 5.23. The first-order chi connectivity index (χ1) is 11.5. The van der Waals surface area contributed by atoms with Gasteiger partial charge in [-0.1, -0.05) is 32.9 Å². The van der Waals surface area contributed by atoms with E-state index in [0.29, 0.717) is 18.5 Å². The van der Waals surface area contributed by atoms with E-state index in [9.17, 15) is 4.39 Å². The van der Waals surface area contributed by atoms with Crippen LogP contribution in [0.4, 0.5) is 4.39 Å². The zero-order valence-corrected chi connectivity index (χ0v) is 14.7. The van der Waals surface area contributed by atoms with Crippen LogP contribution in [0.3, 0.4) is 0 Å². The Morgan fingerprint density at radius 3 is 2.50 bits per heavy atom. The summed E-state index contributed by atoms with van der Waals surface area (Å²) in [5.74, 6) is 2.00. The van der Waals surface area contributed by atoms with E-state index in [1.165, 1.54) is 38.1 Å². The van der Waals surface area contributed by atoms with Gasteiger partial charge in [0.2, 0.25) is 5.82 Å². The highest BCUT2D eigenvalue weighted by Gasteiger charge is 2.34. The van der Waals surface area contributed by atoms with Gasteiger partial charge in [0, 0.05) is 5.92 Å². The van der Waals surface area contributed by atoms with E-state index in [4.69, 9.17) is 0 Å². The monoisotopic (exact) mass is 332 g/mol. The van der Waals surface area contributed by atoms with Crippen molar-refractivity contribution in [2.24, 2.45) is 11.8 Å². The van der Waals surface area contributed by atoms with E-state index in [1.807, 2.05) is 4.68 Å². The van der Waals surface area contributed by atoms with E-state index < -0.39 is 0 Å². The lowest BCUT2D eigenvalue weighted by Crippen LogP contribution is -3.14. The van der Waals surface area contributed by atoms with Gasteiger partial charge in [-0.05, 0) is 46.9 Å². The summed E-state index contributed by atoms with van der Waals surface area (Å²) in [6, 6.07) is 6.85.